The Labute approximate surface area is 246 Å². The molecule has 0 radical (unpaired) electrons. The third-order valence-electron chi connectivity index (χ3n) is 6.41. The number of nitrogens with two attached hydrogens (primary N) is 1. The largest absolute Gasteiger partial charge is 0.497 e. The summed E-state index contributed by atoms with van der Waals surface area (Å²) in [5, 5.41) is 19.5. The lowest BCUT2D eigenvalue weighted by molar-refractivity contribution is -0.143. The molecule has 15 heteroatoms. The lowest BCUT2D eigenvalue weighted by Crippen LogP contribution is -2.20. The third-order valence-corrected chi connectivity index (χ3v) is 8.17. The molecule has 0 saturated heterocycles. The molecule has 9 nitrogen and oxygen atoms in total. The molecule has 0 aliphatic heterocycles. The topological polar surface area (TPSA) is 141 Å². The van der Waals surface area contributed by atoms with Crippen LogP contribution in [0.15, 0.2) is 77.0 Å². The molecule has 0 fully saturated rings. The van der Waals surface area contributed by atoms with E-state index in [0.717, 1.165) is 11.4 Å². The van der Waals surface area contributed by atoms with Crippen molar-refractivity contribution in [2.75, 3.05) is 7.11 Å². The van der Waals surface area contributed by atoms with Gasteiger partial charge in [-0.1, -0.05) is 24.3 Å². The number of rotatable bonds is 8. The van der Waals surface area contributed by atoms with Crippen LogP contribution in [0.3, 0.4) is 0 Å². The monoisotopic (exact) mass is 633 g/mol. The van der Waals surface area contributed by atoms with E-state index in [2.05, 4.69) is 10.1 Å². The number of carbonyl (C=O) groups is 1. The number of ether oxygens (including phenoxy) is 1. The van der Waals surface area contributed by atoms with Crippen LogP contribution in [0.25, 0.3) is 27.5 Å². The average molecular weight is 634 g/mol. The fourth-order valence-electron chi connectivity index (χ4n) is 4.43. The maximum absolute atomic E-state index is 15.0. The molecule has 0 amide bonds. The molecule has 3 aromatic carbocycles. The number of carboxylic acid groups (broad SMARTS) is 1. The summed E-state index contributed by atoms with van der Waals surface area (Å²) in [7, 11) is -2.36. The minimum atomic E-state index is -4.98. The van der Waals surface area contributed by atoms with Crippen molar-refractivity contribution >= 4 is 27.7 Å². The van der Waals surface area contributed by atoms with Crippen LogP contribution in [0, 0.1) is 5.82 Å². The number of thiazole rings is 1. The summed E-state index contributed by atoms with van der Waals surface area (Å²) in [6.45, 7) is 0. The van der Waals surface area contributed by atoms with Gasteiger partial charge in [-0.25, -0.2) is 18.9 Å². The van der Waals surface area contributed by atoms with E-state index < -0.39 is 39.8 Å². The second kappa shape index (κ2) is 11.3. The van der Waals surface area contributed by atoms with Gasteiger partial charge in [0.05, 0.1) is 12.8 Å². The number of hydrogen-bond donors (Lipinski definition) is 3. The van der Waals surface area contributed by atoms with Crippen LogP contribution >= 0.6 is 11.3 Å². The maximum Gasteiger partial charge on any atom is 0.433 e. The van der Waals surface area contributed by atoms with E-state index in [1.165, 1.54) is 43.5 Å². The van der Waals surface area contributed by atoms with Gasteiger partial charge < -0.3 is 9.84 Å². The highest BCUT2D eigenvalue weighted by molar-refractivity contribution is 7.95. The lowest BCUT2D eigenvalue weighted by Gasteiger charge is -2.12. The summed E-state index contributed by atoms with van der Waals surface area (Å²) in [4.78, 5) is 15.1. The summed E-state index contributed by atoms with van der Waals surface area (Å²) >= 11 is 0.657. The fourth-order valence-corrected chi connectivity index (χ4v) is 5.71. The summed E-state index contributed by atoms with van der Waals surface area (Å²) in [6, 6.07) is 15.4. The Bertz CT molecular complexity index is 1880. The molecule has 5 aromatic rings. The predicted molar refractivity (Wildman–Crippen MR) is 151 cm³/mol. The predicted octanol–water partition coefficient (Wildman–Crippen LogP) is 6.32. The van der Waals surface area contributed by atoms with Gasteiger partial charge in [-0.05, 0) is 57.8 Å². The molecule has 222 valence electrons. The molecular formula is C28H21F4N4O5S2+. The first-order valence-corrected chi connectivity index (χ1v) is 14.7. The van der Waals surface area contributed by atoms with E-state index in [1.807, 2.05) is 0 Å². The number of benzene rings is 3. The van der Waals surface area contributed by atoms with Crippen LogP contribution in [0.4, 0.5) is 17.6 Å². The van der Waals surface area contributed by atoms with Crippen molar-refractivity contribution in [1.29, 1.82) is 0 Å². The van der Waals surface area contributed by atoms with E-state index in [4.69, 9.17) is 9.88 Å². The van der Waals surface area contributed by atoms with E-state index in [9.17, 15) is 31.8 Å². The standard InChI is InChI=1S/C28H20F4N4O5S2/c1-41-18-4-2-3-16(12-18)20-13-17(7-10-22(20)29)24-21(11-15-5-8-19(9-6-15)43(33,39)40)25(28(30,31)32)36(35-24)27-34-23(14-42-27)26(37)38/h2-10,12-14H,11H2,1H3,(H3-,33,37,38,39,40)/p+1. The molecule has 4 N–H and O–H groups in total. The Kier molecular flexibility index (Phi) is 7.91. The van der Waals surface area contributed by atoms with Crippen molar-refractivity contribution < 1.29 is 41.0 Å². The molecule has 2 aromatic heterocycles. The number of halogens is 4. The summed E-state index contributed by atoms with van der Waals surface area (Å²) in [5.74, 6) is -1.62. The molecule has 0 spiro atoms. The first kappa shape index (κ1) is 30.0. The summed E-state index contributed by atoms with van der Waals surface area (Å²) < 4.78 is 86.4. The quantitative estimate of drug-likeness (QED) is 0.134. The number of aromatic nitrogens is 3. The van der Waals surface area contributed by atoms with Gasteiger partial charge in [0.15, 0.2) is 11.4 Å². The van der Waals surface area contributed by atoms with Gasteiger partial charge in [-0.15, -0.1) is 16.5 Å². The van der Waals surface area contributed by atoms with Crippen molar-refractivity contribution in [2.45, 2.75) is 17.5 Å². The molecule has 1 atom stereocenters. The highest BCUT2D eigenvalue weighted by Gasteiger charge is 2.41. The zero-order chi connectivity index (χ0) is 31.1. The second-order valence-electron chi connectivity index (χ2n) is 9.22. The van der Waals surface area contributed by atoms with Crippen LogP contribution in [-0.4, -0.2) is 37.5 Å². The molecule has 0 saturated carbocycles. The normalized spacial score (nSPS) is 13.1. The highest BCUT2D eigenvalue weighted by Crippen LogP contribution is 2.41. The number of alkyl halides is 3. The van der Waals surface area contributed by atoms with Gasteiger partial charge in [-0.3, -0.25) is 0 Å². The Morgan fingerprint density at radius 1 is 1.09 bits per heavy atom. The zero-order valence-electron chi connectivity index (χ0n) is 22.0. The van der Waals surface area contributed by atoms with Gasteiger partial charge >= 0.3 is 22.5 Å². The highest BCUT2D eigenvalue weighted by atomic mass is 32.3. The van der Waals surface area contributed by atoms with Gasteiger partial charge in [0.1, 0.15) is 11.6 Å². The second-order valence-corrected chi connectivity index (χ2v) is 11.7. The van der Waals surface area contributed by atoms with Crippen molar-refractivity contribution in [3.8, 4) is 33.3 Å². The van der Waals surface area contributed by atoms with Crippen molar-refractivity contribution in [2.24, 2.45) is 5.14 Å². The molecule has 0 aliphatic carbocycles. The zero-order valence-corrected chi connectivity index (χ0v) is 23.6. The van der Waals surface area contributed by atoms with E-state index in [-0.39, 0.29) is 38.8 Å². The minimum Gasteiger partial charge on any atom is -0.497 e. The Morgan fingerprint density at radius 3 is 2.42 bits per heavy atom. The molecule has 1 unspecified atom stereocenters. The van der Waals surface area contributed by atoms with Gasteiger partial charge in [0, 0.05) is 28.5 Å². The van der Waals surface area contributed by atoms with Crippen molar-refractivity contribution in [1.82, 2.24) is 14.8 Å². The first-order chi connectivity index (χ1) is 20.3. The maximum atomic E-state index is 15.0. The summed E-state index contributed by atoms with van der Waals surface area (Å²) in [6.07, 6.45) is -5.34. The third kappa shape index (κ3) is 6.19. The number of aromatic carboxylic acids is 1. The molecule has 43 heavy (non-hydrogen) atoms. The molecule has 0 aliphatic rings. The fraction of sp³-hybridized carbons (Fsp3) is 0.107. The van der Waals surface area contributed by atoms with Crippen molar-refractivity contribution in [3.05, 3.63) is 100 Å². The van der Waals surface area contributed by atoms with E-state index in [0.29, 0.717) is 32.9 Å². The van der Waals surface area contributed by atoms with E-state index in [1.54, 1.807) is 24.3 Å². The molecular weight excluding hydrogens is 612 g/mol. The minimum absolute atomic E-state index is 0.0814. The Morgan fingerprint density at radius 2 is 1.81 bits per heavy atom. The van der Waals surface area contributed by atoms with Crippen LogP contribution in [0.1, 0.15) is 27.3 Å². The van der Waals surface area contributed by atoms with Gasteiger partial charge in [0.25, 0.3) is 0 Å². The van der Waals surface area contributed by atoms with Gasteiger partial charge in [-0.2, -0.15) is 22.8 Å². The first-order valence-electron chi connectivity index (χ1n) is 12.2. The van der Waals surface area contributed by atoms with Gasteiger partial charge in [0.2, 0.25) is 10.0 Å². The molecule has 0 bridgehead atoms. The number of nitrogens with zero attached hydrogens (tertiary/aromatic N) is 3. The smallest absolute Gasteiger partial charge is 0.433 e. The number of methoxy groups -OCH3 is 1. The average Bonchev–Trinajstić information content (AvgIpc) is 3.59. The van der Waals surface area contributed by atoms with Crippen LogP contribution in [-0.2, 0) is 27.2 Å². The van der Waals surface area contributed by atoms with Crippen LogP contribution in [0.2, 0.25) is 0 Å². The van der Waals surface area contributed by atoms with Crippen LogP contribution in [0.5, 0.6) is 5.75 Å². The SMILES string of the molecule is COc1cccc(-c2cc(-c3nn(-c4nc(C(=O)O)cs4)c(C(F)(F)F)c3Cc3ccc([S+](N)(=O)O)cc3)ccc2F)c1. The van der Waals surface area contributed by atoms with Crippen LogP contribution < -0.4 is 9.88 Å². The van der Waals surface area contributed by atoms with Crippen molar-refractivity contribution in [3.63, 3.8) is 0 Å². The summed E-state index contributed by atoms with van der Waals surface area (Å²) in [5.41, 5.74) is -1.19. The number of carboxylic acids is 1. The lowest BCUT2D eigenvalue weighted by atomic mass is 9.96. The van der Waals surface area contributed by atoms with E-state index >= 15 is 4.39 Å². The molecule has 2 heterocycles. The molecule has 5 rings (SSSR count). The Balaban J connectivity index is 1.74. The number of hydrogen-bond acceptors (Lipinski definition) is 6. The Hall–Kier alpha value is -4.44.